The molecular formula is C27H23N5O3. The van der Waals surface area contributed by atoms with E-state index in [1.165, 1.54) is 24.1 Å². The first-order valence-corrected chi connectivity index (χ1v) is 10.8. The van der Waals surface area contributed by atoms with Crippen LogP contribution in [0.5, 0.6) is 0 Å². The molecule has 0 fully saturated rings. The van der Waals surface area contributed by atoms with Gasteiger partial charge in [-0.25, -0.2) is 9.78 Å². The van der Waals surface area contributed by atoms with E-state index in [4.69, 9.17) is 4.98 Å². The van der Waals surface area contributed by atoms with E-state index in [-0.39, 0.29) is 11.4 Å². The fourth-order valence-electron chi connectivity index (χ4n) is 3.84. The zero-order valence-electron chi connectivity index (χ0n) is 19.8. The maximum atomic E-state index is 12.7. The minimum atomic E-state index is -0.440. The molecule has 2 aromatic carbocycles. The number of carbonyl (C=O) groups excluding carboxylic acids is 2. The van der Waals surface area contributed by atoms with E-state index in [1.54, 1.807) is 30.3 Å². The molecule has 0 aliphatic carbocycles. The number of aryl methyl sites for hydroxylation is 3. The van der Waals surface area contributed by atoms with Crippen LogP contribution in [0.1, 0.15) is 38.2 Å². The molecule has 8 heteroatoms. The molecule has 4 aromatic rings. The van der Waals surface area contributed by atoms with Gasteiger partial charge in [0, 0.05) is 11.5 Å². The highest BCUT2D eigenvalue weighted by molar-refractivity contribution is 6.02. The maximum absolute atomic E-state index is 12.7. The van der Waals surface area contributed by atoms with Gasteiger partial charge in [-0.1, -0.05) is 23.8 Å². The van der Waals surface area contributed by atoms with Crippen molar-refractivity contribution in [2.75, 3.05) is 12.4 Å². The average molecular weight is 466 g/mol. The van der Waals surface area contributed by atoms with Gasteiger partial charge in [0.05, 0.1) is 24.4 Å². The molecule has 8 nitrogen and oxygen atoms in total. The van der Waals surface area contributed by atoms with Crippen LogP contribution < -0.4 is 5.32 Å². The van der Waals surface area contributed by atoms with Gasteiger partial charge in [0.1, 0.15) is 11.6 Å². The second-order valence-corrected chi connectivity index (χ2v) is 8.14. The number of nitrogens with zero attached hydrogens (tertiary/aromatic N) is 4. The van der Waals surface area contributed by atoms with E-state index in [0.717, 1.165) is 33.2 Å². The Balaban J connectivity index is 1.63. The molecule has 1 amide bonds. The zero-order chi connectivity index (χ0) is 25.1. The lowest BCUT2D eigenvalue weighted by atomic mass is 10.0. The Labute approximate surface area is 202 Å². The van der Waals surface area contributed by atoms with Gasteiger partial charge >= 0.3 is 5.97 Å². The Hall–Kier alpha value is -4.77. The molecule has 1 N–H and O–H groups in total. The van der Waals surface area contributed by atoms with Crippen LogP contribution in [0.25, 0.3) is 22.8 Å². The van der Waals surface area contributed by atoms with Crippen molar-refractivity contribution < 1.29 is 14.3 Å². The Morgan fingerprint density at radius 1 is 1.09 bits per heavy atom. The Kier molecular flexibility index (Phi) is 6.42. The molecule has 0 spiro atoms. The van der Waals surface area contributed by atoms with E-state index >= 15 is 0 Å². The van der Waals surface area contributed by atoms with Gasteiger partial charge < -0.3 is 10.1 Å². The van der Waals surface area contributed by atoms with Gasteiger partial charge in [0.25, 0.3) is 0 Å². The Morgan fingerprint density at radius 2 is 1.83 bits per heavy atom. The summed E-state index contributed by atoms with van der Waals surface area (Å²) in [4.78, 5) is 29.0. The lowest BCUT2D eigenvalue weighted by Crippen LogP contribution is -2.14. The van der Waals surface area contributed by atoms with Gasteiger partial charge in [-0.15, -0.1) is 0 Å². The number of methoxy groups -OCH3 is 1. The highest BCUT2D eigenvalue weighted by Crippen LogP contribution is 2.26. The van der Waals surface area contributed by atoms with Crippen molar-refractivity contribution in [2.45, 2.75) is 20.8 Å². The third-order valence-electron chi connectivity index (χ3n) is 5.55. The van der Waals surface area contributed by atoms with Crippen molar-refractivity contribution >= 4 is 34.7 Å². The van der Waals surface area contributed by atoms with Crippen LogP contribution in [0.2, 0.25) is 0 Å². The largest absolute Gasteiger partial charge is 0.465 e. The number of fused-ring (bicyclic) bond motifs is 1. The van der Waals surface area contributed by atoms with Crippen molar-refractivity contribution in [3.63, 3.8) is 0 Å². The summed E-state index contributed by atoms with van der Waals surface area (Å²) < 4.78 is 6.14. The highest BCUT2D eigenvalue weighted by Gasteiger charge is 2.17. The second kappa shape index (κ2) is 9.61. The number of amides is 1. The summed E-state index contributed by atoms with van der Waals surface area (Å²) in [6, 6.07) is 14.7. The fourth-order valence-corrected chi connectivity index (χ4v) is 3.84. The standard InChI is InChI=1S/C27H23N5O3/c1-16-11-18(3)25-22(12-16)17(2)13-23(30-25)32-26(21(14-28)15-29-32)31-24(33)10-7-19-5-8-20(9-6-19)27(34)35-4/h5-13,15H,1-4H3,(H,31,33)/b10-7+. The van der Waals surface area contributed by atoms with Crippen molar-refractivity contribution in [1.82, 2.24) is 14.8 Å². The minimum Gasteiger partial charge on any atom is -0.465 e. The lowest BCUT2D eigenvalue weighted by Gasteiger charge is -2.12. The fraction of sp³-hybridized carbons (Fsp3) is 0.148. The Bertz CT molecular complexity index is 1530. The monoisotopic (exact) mass is 465 g/mol. The van der Waals surface area contributed by atoms with E-state index in [1.807, 2.05) is 26.8 Å². The number of hydrogen-bond donors (Lipinski definition) is 1. The minimum absolute atomic E-state index is 0.217. The molecule has 4 rings (SSSR count). The molecule has 2 aromatic heterocycles. The van der Waals surface area contributed by atoms with E-state index in [9.17, 15) is 14.9 Å². The molecule has 0 unspecified atom stereocenters. The average Bonchev–Trinajstić information content (AvgIpc) is 3.25. The van der Waals surface area contributed by atoms with Crippen LogP contribution >= 0.6 is 0 Å². The van der Waals surface area contributed by atoms with Gasteiger partial charge in [0.2, 0.25) is 5.91 Å². The summed E-state index contributed by atoms with van der Waals surface area (Å²) in [5.74, 6) is -0.136. The second-order valence-electron chi connectivity index (χ2n) is 8.14. The number of anilines is 1. The predicted octanol–water partition coefficient (Wildman–Crippen LogP) is 4.66. The molecular weight excluding hydrogens is 442 g/mol. The van der Waals surface area contributed by atoms with Crippen molar-refractivity contribution in [2.24, 2.45) is 0 Å². The third-order valence-corrected chi connectivity index (χ3v) is 5.55. The molecule has 0 aliphatic heterocycles. The number of nitriles is 1. The summed E-state index contributed by atoms with van der Waals surface area (Å²) in [7, 11) is 1.32. The highest BCUT2D eigenvalue weighted by atomic mass is 16.5. The number of esters is 1. The first-order valence-electron chi connectivity index (χ1n) is 10.8. The van der Waals surface area contributed by atoms with Crippen molar-refractivity contribution in [1.29, 1.82) is 5.26 Å². The number of hydrogen-bond acceptors (Lipinski definition) is 6. The lowest BCUT2D eigenvalue weighted by molar-refractivity contribution is -0.111. The van der Waals surface area contributed by atoms with Gasteiger partial charge in [-0.05, 0) is 67.8 Å². The van der Waals surface area contributed by atoms with Gasteiger partial charge in [-0.2, -0.15) is 15.0 Å². The predicted molar refractivity (Wildman–Crippen MR) is 133 cm³/mol. The first-order chi connectivity index (χ1) is 16.8. The molecule has 0 saturated carbocycles. The van der Waals surface area contributed by atoms with Crippen LogP contribution in [0.3, 0.4) is 0 Å². The maximum Gasteiger partial charge on any atom is 0.337 e. The van der Waals surface area contributed by atoms with E-state index in [0.29, 0.717) is 11.4 Å². The third kappa shape index (κ3) is 4.80. The number of aromatic nitrogens is 3. The number of pyridine rings is 1. The molecule has 2 heterocycles. The number of benzene rings is 2. The molecule has 0 aliphatic rings. The summed E-state index contributed by atoms with van der Waals surface area (Å²) in [6.07, 6.45) is 4.35. The quantitative estimate of drug-likeness (QED) is 0.339. The van der Waals surface area contributed by atoms with Gasteiger partial charge in [0.15, 0.2) is 11.6 Å². The Morgan fingerprint density at radius 3 is 2.51 bits per heavy atom. The number of carbonyl (C=O) groups is 2. The first kappa shape index (κ1) is 23.4. The number of ether oxygens (including phenoxy) is 1. The molecule has 0 atom stereocenters. The van der Waals surface area contributed by atoms with Gasteiger partial charge in [-0.3, -0.25) is 4.79 Å². The van der Waals surface area contributed by atoms with Crippen molar-refractivity contribution in [3.05, 3.63) is 88.1 Å². The van der Waals surface area contributed by atoms with E-state index < -0.39 is 11.9 Å². The van der Waals surface area contributed by atoms with E-state index in [2.05, 4.69) is 33.4 Å². The zero-order valence-corrected chi connectivity index (χ0v) is 19.8. The number of rotatable bonds is 5. The SMILES string of the molecule is COC(=O)c1ccc(/C=C/C(=O)Nc2c(C#N)cnn2-c2cc(C)c3cc(C)cc(C)c3n2)cc1. The smallest absolute Gasteiger partial charge is 0.337 e. The van der Waals surface area contributed by atoms with Crippen LogP contribution in [0, 0.1) is 32.1 Å². The molecule has 0 bridgehead atoms. The van der Waals surface area contributed by atoms with Crippen LogP contribution in [0.15, 0.2) is 54.7 Å². The molecule has 0 radical (unpaired) electrons. The normalized spacial score (nSPS) is 10.9. The summed E-state index contributed by atoms with van der Waals surface area (Å²) in [5.41, 5.74) is 5.39. The summed E-state index contributed by atoms with van der Waals surface area (Å²) >= 11 is 0. The summed E-state index contributed by atoms with van der Waals surface area (Å²) in [6.45, 7) is 6.04. The molecule has 0 saturated heterocycles. The molecule has 174 valence electrons. The topological polar surface area (TPSA) is 110 Å². The van der Waals surface area contributed by atoms with Crippen molar-refractivity contribution in [3.8, 4) is 11.9 Å². The van der Waals surface area contributed by atoms with Crippen LogP contribution in [0.4, 0.5) is 5.82 Å². The number of nitrogens with one attached hydrogen (secondary N) is 1. The molecule has 35 heavy (non-hydrogen) atoms. The van der Waals surface area contributed by atoms with Crippen LogP contribution in [-0.2, 0) is 9.53 Å². The summed E-state index contributed by atoms with van der Waals surface area (Å²) in [5, 5.41) is 17.7. The van der Waals surface area contributed by atoms with Crippen LogP contribution in [-0.4, -0.2) is 33.8 Å².